The maximum absolute atomic E-state index is 6.38. The van der Waals surface area contributed by atoms with Crippen LogP contribution in [0.5, 0.6) is 0 Å². The number of nitrogens with zero attached hydrogens (tertiary/aromatic N) is 3. The van der Waals surface area contributed by atoms with Gasteiger partial charge in [0.05, 0.1) is 16.4 Å². The van der Waals surface area contributed by atoms with Crippen molar-refractivity contribution in [2.75, 3.05) is 0 Å². The van der Waals surface area contributed by atoms with Crippen LogP contribution in [0, 0.1) is 15.3 Å². The van der Waals surface area contributed by atoms with Gasteiger partial charge in [-0.3, -0.25) is 4.57 Å². The Morgan fingerprint density at radius 3 is 2.85 bits per heavy atom. The average molecular weight is 419 g/mol. The van der Waals surface area contributed by atoms with E-state index < -0.39 is 0 Å². The summed E-state index contributed by atoms with van der Waals surface area (Å²) >= 11 is 14.1. The number of nitrogens with one attached hydrogen (secondary N) is 1. The van der Waals surface area contributed by atoms with E-state index >= 15 is 0 Å². The maximum Gasteiger partial charge on any atom is 0.184 e. The largest absolute Gasteiger partial charge is 0.327 e. The predicted molar refractivity (Wildman–Crippen MR) is 92.4 cm³/mol. The Hall–Kier alpha value is -0.860. The Morgan fingerprint density at radius 1 is 1.45 bits per heavy atom. The Bertz CT molecular complexity index is 861. The second-order valence-electron chi connectivity index (χ2n) is 4.46. The van der Waals surface area contributed by atoms with Crippen LogP contribution in [0.3, 0.4) is 0 Å². The molecule has 0 spiro atoms. The summed E-state index contributed by atoms with van der Waals surface area (Å²) in [5, 5.41) is 5.19. The fraction of sp³-hybridized carbons (Fsp3) is 0.231. The maximum atomic E-state index is 6.38. The van der Waals surface area contributed by atoms with Gasteiger partial charge in [0.25, 0.3) is 0 Å². The number of aryl methyl sites for hydroxylation is 2. The molecule has 0 saturated heterocycles. The lowest BCUT2D eigenvalue weighted by atomic mass is 10.3. The molecule has 0 aliphatic heterocycles. The molecule has 4 nitrogen and oxygen atoms in total. The highest BCUT2D eigenvalue weighted by Gasteiger charge is 2.16. The number of rotatable bonds is 2. The van der Waals surface area contributed by atoms with Crippen molar-refractivity contribution in [2.24, 2.45) is 0 Å². The molecular weight excluding hydrogens is 407 g/mol. The van der Waals surface area contributed by atoms with Gasteiger partial charge in [-0.05, 0) is 66.9 Å². The minimum Gasteiger partial charge on any atom is -0.327 e. The highest BCUT2D eigenvalue weighted by atomic mass is 127. The monoisotopic (exact) mass is 418 g/mol. The van der Waals surface area contributed by atoms with Gasteiger partial charge in [-0.2, -0.15) is 5.10 Å². The van der Waals surface area contributed by atoms with Crippen molar-refractivity contribution in [1.29, 1.82) is 0 Å². The second-order valence-corrected chi connectivity index (χ2v) is 6.50. The topological polar surface area (TPSA) is 38.5 Å². The molecule has 0 amide bonds. The smallest absolute Gasteiger partial charge is 0.184 e. The molecule has 1 N–H and O–H groups in total. The molecule has 0 unspecified atom stereocenters. The molecule has 0 saturated carbocycles. The van der Waals surface area contributed by atoms with Crippen molar-refractivity contribution in [1.82, 2.24) is 19.3 Å². The number of H-pyrrole nitrogens is 1. The zero-order valence-electron chi connectivity index (χ0n) is 10.9. The van der Waals surface area contributed by atoms with Gasteiger partial charge in [-0.1, -0.05) is 11.6 Å². The van der Waals surface area contributed by atoms with Crippen molar-refractivity contribution in [3.8, 4) is 5.69 Å². The molecule has 104 valence electrons. The Labute approximate surface area is 139 Å². The van der Waals surface area contributed by atoms with Gasteiger partial charge in [-0.25, -0.2) is 4.68 Å². The lowest BCUT2D eigenvalue weighted by molar-refractivity contribution is 0.662. The first-order valence-corrected chi connectivity index (χ1v) is 8.03. The van der Waals surface area contributed by atoms with Crippen molar-refractivity contribution in [2.45, 2.75) is 20.4 Å². The van der Waals surface area contributed by atoms with Crippen LogP contribution in [0.25, 0.3) is 16.9 Å². The van der Waals surface area contributed by atoms with Crippen molar-refractivity contribution in [3.63, 3.8) is 0 Å². The van der Waals surface area contributed by atoms with Gasteiger partial charge >= 0.3 is 0 Å². The predicted octanol–water partition coefficient (Wildman–Crippen LogP) is 4.47. The number of halogens is 2. The van der Waals surface area contributed by atoms with Crippen LogP contribution in [0.4, 0.5) is 0 Å². The van der Waals surface area contributed by atoms with E-state index in [0.717, 1.165) is 32.7 Å². The molecular formula is C13H12ClIN4S. The summed E-state index contributed by atoms with van der Waals surface area (Å²) in [4.78, 5) is 3.22. The molecule has 2 heterocycles. The number of benzene rings is 1. The number of aromatic nitrogens is 4. The van der Waals surface area contributed by atoms with E-state index in [9.17, 15) is 0 Å². The second kappa shape index (κ2) is 5.16. The van der Waals surface area contributed by atoms with Gasteiger partial charge in [0.1, 0.15) is 5.52 Å². The van der Waals surface area contributed by atoms with Crippen LogP contribution >= 0.6 is 46.4 Å². The molecule has 0 fully saturated rings. The summed E-state index contributed by atoms with van der Waals surface area (Å²) in [6, 6.07) is 5.93. The summed E-state index contributed by atoms with van der Waals surface area (Å²) in [6.45, 7) is 4.81. The van der Waals surface area contributed by atoms with E-state index in [4.69, 9.17) is 23.8 Å². The first-order valence-electron chi connectivity index (χ1n) is 6.16. The van der Waals surface area contributed by atoms with Crippen molar-refractivity contribution >= 4 is 57.6 Å². The van der Waals surface area contributed by atoms with Gasteiger partial charge in [-0.15, -0.1) is 0 Å². The molecule has 2 aromatic heterocycles. The fourth-order valence-electron chi connectivity index (χ4n) is 2.31. The number of fused-ring (bicyclic) bond motifs is 1. The highest BCUT2D eigenvalue weighted by Crippen LogP contribution is 2.28. The van der Waals surface area contributed by atoms with Crippen LogP contribution < -0.4 is 0 Å². The molecule has 0 aliphatic carbocycles. The van der Waals surface area contributed by atoms with E-state index in [-0.39, 0.29) is 0 Å². The zero-order valence-corrected chi connectivity index (χ0v) is 14.7. The minimum atomic E-state index is 0.630. The quantitative estimate of drug-likeness (QED) is 0.492. The number of hydrogen-bond acceptors (Lipinski definition) is 2. The lowest BCUT2D eigenvalue weighted by Gasteiger charge is -2.08. The van der Waals surface area contributed by atoms with Crippen LogP contribution in [-0.4, -0.2) is 19.3 Å². The molecule has 0 bridgehead atoms. The average Bonchev–Trinajstić information content (AvgIpc) is 2.88. The molecule has 3 aromatic rings. The summed E-state index contributed by atoms with van der Waals surface area (Å²) in [5.74, 6) is 0. The van der Waals surface area contributed by atoms with Gasteiger partial charge in [0.2, 0.25) is 0 Å². The minimum absolute atomic E-state index is 0.630. The van der Waals surface area contributed by atoms with Gasteiger partial charge < -0.3 is 4.98 Å². The summed E-state index contributed by atoms with van der Waals surface area (Å²) in [6.07, 6.45) is 0. The fourth-order valence-corrected chi connectivity index (χ4v) is 3.54. The van der Waals surface area contributed by atoms with Crippen LogP contribution in [0.1, 0.15) is 12.6 Å². The normalized spacial score (nSPS) is 11.4. The van der Waals surface area contributed by atoms with E-state index in [0.29, 0.717) is 9.79 Å². The third-order valence-electron chi connectivity index (χ3n) is 3.20. The summed E-state index contributed by atoms with van der Waals surface area (Å²) < 4.78 is 5.61. The highest BCUT2D eigenvalue weighted by molar-refractivity contribution is 14.1. The summed E-state index contributed by atoms with van der Waals surface area (Å²) in [5.41, 5.74) is 3.73. The molecule has 0 atom stereocenters. The molecule has 7 heteroatoms. The number of aromatic amines is 1. The van der Waals surface area contributed by atoms with E-state index in [1.807, 2.05) is 34.4 Å². The third kappa shape index (κ3) is 2.10. The number of hydrogen-bond donors (Lipinski definition) is 1. The Morgan fingerprint density at radius 2 is 2.20 bits per heavy atom. The van der Waals surface area contributed by atoms with Crippen molar-refractivity contribution in [3.05, 3.63) is 37.3 Å². The standard InChI is InChI=1S/C13H12ClIN4S/c1-3-18-12-11(7(2)17-18)16-13(20)19(12)10-5-4-8(15)6-9(10)14/h4-6H,3H2,1-2H3,(H,16,20). The van der Waals surface area contributed by atoms with Crippen LogP contribution in [0.15, 0.2) is 18.2 Å². The van der Waals surface area contributed by atoms with Gasteiger partial charge in [0.15, 0.2) is 10.4 Å². The zero-order chi connectivity index (χ0) is 14.4. The summed E-state index contributed by atoms with van der Waals surface area (Å²) in [7, 11) is 0. The first kappa shape index (κ1) is 14.1. The molecule has 3 rings (SSSR count). The van der Waals surface area contributed by atoms with E-state index in [1.54, 1.807) is 0 Å². The first-order chi connectivity index (χ1) is 9.52. The lowest BCUT2D eigenvalue weighted by Crippen LogP contribution is -2.04. The van der Waals surface area contributed by atoms with Crippen molar-refractivity contribution < 1.29 is 0 Å². The Kier molecular flexibility index (Phi) is 3.64. The third-order valence-corrected chi connectivity index (χ3v) is 4.46. The molecule has 1 aromatic carbocycles. The van der Waals surface area contributed by atoms with Gasteiger partial charge in [0, 0.05) is 10.1 Å². The molecule has 0 aliphatic rings. The molecule has 20 heavy (non-hydrogen) atoms. The molecule has 0 radical (unpaired) electrons. The van der Waals surface area contributed by atoms with E-state index in [1.165, 1.54) is 0 Å². The van der Waals surface area contributed by atoms with Crippen LogP contribution in [0.2, 0.25) is 5.02 Å². The number of imidazole rings is 1. The van der Waals surface area contributed by atoms with Crippen LogP contribution in [-0.2, 0) is 6.54 Å². The Balaban J connectivity index is 2.41. The SMILES string of the molecule is CCn1nc(C)c2[nH]c(=S)n(-c3ccc(I)cc3Cl)c21. The van der Waals surface area contributed by atoms with E-state index in [2.05, 4.69) is 39.6 Å².